The van der Waals surface area contributed by atoms with E-state index in [4.69, 9.17) is 4.74 Å². The first-order valence-corrected chi connectivity index (χ1v) is 8.22. The van der Waals surface area contributed by atoms with Crippen LogP contribution in [0.15, 0.2) is 24.3 Å². The van der Waals surface area contributed by atoms with E-state index in [0.29, 0.717) is 12.5 Å². The lowest BCUT2D eigenvalue weighted by atomic mass is 9.93. The van der Waals surface area contributed by atoms with Crippen LogP contribution >= 0.6 is 0 Å². The van der Waals surface area contributed by atoms with E-state index in [9.17, 15) is 8.42 Å². The van der Waals surface area contributed by atoms with Crippen molar-refractivity contribution in [2.75, 3.05) is 31.7 Å². The third-order valence-corrected chi connectivity index (χ3v) is 4.07. The average Bonchev–Trinajstić information content (AvgIpc) is 2.33. The molecule has 4 nitrogen and oxygen atoms in total. The van der Waals surface area contributed by atoms with Crippen LogP contribution < -0.4 is 10.1 Å². The van der Waals surface area contributed by atoms with Gasteiger partial charge in [-0.1, -0.05) is 18.2 Å². The van der Waals surface area contributed by atoms with Crippen LogP contribution in [0.25, 0.3) is 0 Å². The van der Waals surface area contributed by atoms with E-state index in [1.807, 2.05) is 18.2 Å². The second-order valence-electron chi connectivity index (χ2n) is 4.71. The molecule has 0 fully saturated rings. The predicted molar refractivity (Wildman–Crippen MR) is 71.9 cm³/mol. The summed E-state index contributed by atoms with van der Waals surface area (Å²) in [5.41, 5.74) is 1.22. The number of hydrogen-bond acceptors (Lipinski definition) is 4. The molecule has 5 heteroatoms. The van der Waals surface area contributed by atoms with Crippen molar-refractivity contribution >= 4 is 9.84 Å². The molecule has 0 amide bonds. The maximum Gasteiger partial charge on any atom is 0.148 e. The topological polar surface area (TPSA) is 55.4 Å². The number of fused-ring (bicyclic) bond motifs is 1. The van der Waals surface area contributed by atoms with Crippen LogP contribution in [-0.4, -0.2) is 40.1 Å². The molecule has 0 saturated carbocycles. The summed E-state index contributed by atoms with van der Waals surface area (Å²) in [5, 5.41) is 3.22. The highest BCUT2D eigenvalue weighted by atomic mass is 32.2. The SMILES string of the molecule is CS(=O)(=O)CCNCC1CCOc2ccccc21. The number of para-hydroxylation sites is 1. The van der Waals surface area contributed by atoms with Gasteiger partial charge in [0.1, 0.15) is 15.6 Å². The van der Waals surface area contributed by atoms with Crippen LogP contribution in [0.2, 0.25) is 0 Å². The summed E-state index contributed by atoms with van der Waals surface area (Å²) in [6.45, 7) is 2.05. The Kier molecular flexibility index (Phi) is 4.24. The highest BCUT2D eigenvalue weighted by Crippen LogP contribution is 2.32. The number of rotatable bonds is 5. The molecule has 18 heavy (non-hydrogen) atoms. The van der Waals surface area contributed by atoms with E-state index in [1.54, 1.807) is 0 Å². The Hall–Kier alpha value is -1.07. The van der Waals surface area contributed by atoms with E-state index in [2.05, 4.69) is 11.4 Å². The van der Waals surface area contributed by atoms with Crippen molar-refractivity contribution in [1.82, 2.24) is 5.32 Å². The maximum atomic E-state index is 11.0. The molecule has 1 aromatic carbocycles. The van der Waals surface area contributed by atoms with Crippen LogP contribution in [-0.2, 0) is 9.84 Å². The normalized spacial score (nSPS) is 19.1. The summed E-state index contributed by atoms with van der Waals surface area (Å²) < 4.78 is 27.6. The van der Waals surface area contributed by atoms with Crippen LogP contribution in [0.4, 0.5) is 0 Å². The quantitative estimate of drug-likeness (QED) is 0.816. The van der Waals surface area contributed by atoms with Crippen molar-refractivity contribution < 1.29 is 13.2 Å². The lowest BCUT2D eigenvalue weighted by Crippen LogP contribution is -2.29. The summed E-state index contributed by atoms with van der Waals surface area (Å²) in [6.07, 6.45) is 2.24. The summed E-state index contributed by atoms with van der Waals surface area (Å²) in [7, 11) is -2.87. The molecular weight excluding hydrogens is 250 g/mol. The zero-order chi connectivity index (χ0) is 13.0. The molecule has 1 aromatic rings. The minimum atomic E-state index is -2.87. The van der Waals surface area contributed by atoms with Gasteiger partial charge in [-0.25, -0.2) is 8.42 Å². The largest absolute Gasteiger partial charge is 0.493 e. The van der Waals surface area contributed by atoms with E-state index in [0.717, 1.165) is 25.3 Å². The molecule has 1 aliphatic rings. The van der Waals surface area contributed by atoms with Gasteiger partial charge in [-0.15, -0.1) is 0 Å². The molecule has 0 radical (unpaired) electrons. The number of nitrogens with one attached hydrogen (secondary N) is 1. The molecule has 2 rings (SSSR count). The molecule has 1 aliphatic heterocycles. The van der Waals surface area contributed by atoms with Crippen molar-refractivity contribution in [1.29, 1.82) is 0 Å². The zero-order valence-corrected chi connectivity index (χ0v) is 11.4. The Balaban J connectivity index is 1.88. The number of sulfone groups is 1. The molecule has 0 bridgehead atoms. The smallest absolute Gasteiger partial charge is 0.148 e. The minimum absolute atomic E-state index is 0.192. The highest BCUT2D eigenvalue weighted by molar-refractivity contribution is 7.90. The van der Waals surface area contributed by atoms with Gasteiger partial charge in [0.2, 0.25) is 0 Å². The summed E-state index contributed by atoms with van der Waals surface area (Å²) in [6, 6.07) is 8.05. The molecular formula is C13H19NO3S. The van der Waals surface area contributed by atoms with Crippen LogP contribution in [0.1, 0.15) is 17.9 Å². The van der Waals surface area contributed by atoms with Crippen molar-refractivity contribution in [3.63, 3.8) is 0 Å². The molecule has 0 saturated heterocycles. The second-order valence-corrected chi connectivity index (χ2v) is 6.97. The summed E-state index contributed by atoms with van der Waals surface area (Å²) in [5.74, 6) is 1.56. The Labute approximate surface area is 108 Å². The fourth-order valence-electron chi connectivity index (χ4n) is 2.16. The minimum Gasteiger partial charge on any atom is -0.493 e. The number of hydrogen-bond donors (Lipinski definition) is 1. The second kappa shape index (κ2) is 5.71. The molecule has 0 aromatic heterocycles. The first-order valence-electron chi connectivity index (χ1n) is 6.16. The standard InChI is InChI=1S/C13H19NO3S/c1-18(15,16)9-7-14-10-11-6-8-17-13-5-3-2-4-12(11)13/h2-5,11,14H,6-10H2,1H3. The van der Waals surface area contributed by atoms with Crippen LogP contribution in [0, 0.1) is 0 Å². The summed E-state index contributed by atoms with van der Waals surface area (Å²) in [4.78, 5) is 0. The zero-order valence-electron chi connectivity index (χ0n) is 10.6. The van der Waals surface area contributed by atoms with Gasteiger partial charge in [-0.2, -0.15) is 0 Å². The van der Waals surface area contributed by atoms with Gasteiger partial charge in [-0.3, -0.25) is 0 Å². The Morgan fingerprint density at radius 2 is 2.17 bits per heavy atom. The van der Waals surface area contributed by atoms with Gasteiger partial charge in [0.15, 0.2) is 0 Å². The highest BCUT2D eigenvalue weighted by Gasteiger charge is 2.20. The van der Waals surface area contributed by atoms with Gasteiger partial charge in [0, 0.05) is 25.3 Å². The Morgan fingerprint density at radius 3 is 2.94 bits per heavy atom. The van der Waals surface area contributed by atoms with Crippen molar-refractivity contribution in [3.05, 3.63) is 29.8 Å². The molecule has 1 N–H and O–H groups in total. The molecule has 100 valence electrons. The van der Waals surface area contributed by atoms with E-state index in [1.165, 1.54) is 11.8 Å². The van der Waals surface area contributed by atoms with E-state index >= 15 is 0 Å². The van der Waals surface area contributed by atoms with Gasteiger partial charge < -0.3 is 10.1 Å². The van der Waals surface area contributed by atoms with Crippen molar-refractivity contribution in [2.24, 2.45) is 0 Å². The van der Waals surface area contributed by atoms with Crippen LogP contribution in [0.3, 0.4) is 0 Å². The van der Waals surface area contributed by atoms with E-state index in [-0.39, 0.29) is 5.75 Å². The van der Waals surface area contributed by atoms with Crippen molar-refractivity contribution in [3.8, 4) is 5.75 Å². The lowest BCUT2D eigenvalue weighted by Gasteiger charge is -2.26. The van der Waals surface area contributed by atoms with Crippen LogP contribution in [0.5, 0.6) is 5.75 Å². The fraction of sp³-hybridized carbons (Fsp3) is 0.538. The van der Waals surface area contributed by atoms with Crippen molar-refractivity contribution in [2.45, 2.75) is 12.3 Å². The molecule has 0 aliphatic carbocycles. The van der Waals surface area contributed by atoms with Gasteiger partial charge in [-0.05, 0) is 18.1 Å². The first-order chi connectivity index (χ1) is 8.56. The first kappa shape index (κ1) is 13.4. The fourth-order valence-corrected chi connectivity index (χ4v) is 2.68. The lowest BCUT2D eigenvalue weighted by molar-refractivity contribution is 0.265. The monoisotopic (exact) mass is 269 g/mol. The Bertz CT molecular complexity index is 499. The number of ether oxygens (including phenoxy) is 1. The molecule has 1 heterocycles. The Morgan fingerprint density at radius 1 is 1.39 bits per heavy atom. The van der Waals surface area contributed by atoms with Gasteiger partial charge in [0.25, 0.3) is 0 Å². The van der Waals surface area contributed by atoms with Gasteiger partial charge in [0.05, 0.1) is 12.4 Å². The third kappa shape index (κ3) is 3.71. The number of benzene rings is 1. The maximum absolute atomic E-state index is 11.0. The molecule has 0 spiro atoms. The predicted octanol–water partition coefficient (Wildman–Crippen LogP) is 1.19. The molecule has 1 unspecified atom stereocenters. The van der Waals surface area contributed by atoms with E-state index < -0.39 is 9.84 Å². The average molecular weight is 269 g/mol. The third-order valence-electron chi connectivity index (χ3n) is 3.12. The van der Waals surface area contributed by atoms with Gasteiger partial charge >= 0.3 is 0 Å². The molecule has 1 atom stereocenters. The summed E-state index contributed by atoms with van der Waals surface area (Å²) >= 11 is 0.